The van der Waals surface area contributed by atoms with Gasteiger partial charge in [-0.2, -0.15) is 4.98 Å². The Morgan fingerprint density at radius 1 is 1.36 bits per heavy atom. The number of aromatic nitrogens is 2. The summed E-state index contributed by atoms with van der Waals surface area (Å²) in [6.07, 6.45) is 1.50. The number of ether oxygens (including phenoxy) is 1. The van der Waals surface area contributed by atoms with E-state index < -0.39 is 0 Å². The van der Waals surface area contributed by atoms with Gasteiger partial charge < -0.3 is 14.2 Å². The molecule has 6 heteroatoms. The number of amides is 1. The quantitative estimate of drug-likeness (QED) is 0.857. The van der Waals surface area contributed by atoms with E-state index in [0.29, 0.717) is 18.9 Å². The van der Waals surface area contributed by atoms with Gasteiger partial charge in [-0.1, -0.05) is 25.9 Å². The summed E-state index contributed by atoms with van der Waals surface area (Å²) in [6.45, 7) is 10.7. The Kier molecular flexibility index (Phi) is 3.97. The minimum atomic E-state index is 0.0316. The lowest BCUT2D eigenvalue weighted by molar-refractivity contribution is -0.127. The van der Waals surface area contributed by atoms with E-state index in [1.54, 1.807) is 0 Å². The summed E-state index contributed by atoms with van der Waals surface area (Å²) in [4.78, 5) is 18.3. The summed E-state index contributed by atoms with van der Waals surface area (Å²) in [5.41, 5.74) is 0.0459. The molecule has 122 valence electrons. The van der Waals surface area contributed by atoms with E-state index in [4.69, 9.17) is 9.26 Å². The van der Waals surface area contributed by atoms with Crippen molar-refractivity contribution in [2.45, 2.75) is 58.5 Å². The second kappa shape index (κ2) is 5.65. The van der Waals surface area contributed by atoms with Crippen molar-refractivity contribution >= 4 is 5.91 Å². The fraction of sp³-hybridized carbons (Fsp3) is 0.812. The van der Waals surface area contributed by atoms with Crippen LogP contribution < -0.4 is 0 Å². The third kappa shape index (κ3) is 2.76. The Labute approximate surface area is 131 Å². The minimum absolute atomic E-state index is 0.0316. The van der Waals surface area contributed by atoms with Gasteiger partial charge in [-0.25, -0.2) is 0 Å². The Hall–Kier alpha value is -1.43. The summed E-state index contributed by atoms with van der Waals surface area (Å²) in [7, 11) is 0. The van der Waals surface area contributed by atoms with Crippen LogP contribution in [0.2, 0.25) is 0 Å². The minimum Gasteiger partial charge on any atom is -0.377 e. The third-order valence-corrected chi connectivity index (χ3v) is 4.68. The van der Waals surface area contributed by atoms with Gasteiger partial charge in [-0.05, 0) is 18.8 Å². The largest absolute Gasteiger partial charge is 0.377 e. The summed E-state index contributed by atoms with van der Waals surface area (Å²) in [5.74, 6) is 1.71. The van der Waals surface area contributed by atoms with Gasteiger partial charge in [0, 0.05) is 26.1 Å². The van der Waals surface area contributed by atoms with Crippen molar-refractivity contribution in [1.82, 2.24) is 15.0 Å². The number of carbonyl (C=O) groups excluding carboxylic acids is 1. The molecule has 0 radical (unpaired) electrons. The van der Waals surface area contributed by atoms with Crippen LogP contribution in [0, 0.1) is 5.41 Å². The molecule has 1 amide bonds. The van der Waals surface area contributed by atoms with E-state index in [1.807, 2.05) is 11.8 Å². The van der Waals surface area contributed by atoms with Crippen LogP contribution >= 0.6 is 0 Å². The zero-order valence-electron chi connectivity index (χ0n) is 13.8. The highest BCUT2D eigenvalue weighted by molar-refractivity contribution is 5.79. The number of hydrogen-bond acceptors (Lipinski definition) is 5. The molecule has 3 atom stereocenters. The van der Waals surface area contributed by atoms with Gasteiger partial charge in [0.05, 0.1) is 17.9 Å². The van der Waals surface area contributed by atoms with Crippen molar-refractivity contribution in [2.75, 3.05) is 19.7 Å². The lowest BCUT2D eigenvalue weighted by Crippen LogP contribution is -2.30. The van der Waals surface area contributed by atoms with Gasteiger partial charge in [0.25, 0.3) is 0 Å². The molecule has 1 aromatic heterocycles. The first-order valence-electron chi connectivity index (χ1n) is 8.13. The highest BCUT2D eigenvalue weighted by Gasteiger charge is 2.41. The van der Waals surface area contributed by atoms with Crippen LogP contribution in [-0.2, 0) is 9.53 Å². The molecule has 2 saturated heterocycles. The molecule has 6 nitrogen and oxygen atoms in total. The molecule has 1 aromatic rings. The maximum atomic E-state index is 11.9. The predicted octanol–water partition coefficient (Wildman–Crippen LogP) is 2.32. The average Bonchev–Trinajstić information content (AvgIpc) is 3.15. The first-order valence-corrected chi connectivity index (χ1v) is 8.13. The van der Waals surface area contributed by atoms with Gasteiger partial charge in [-0.3, -0.25) is 4.79 Å². The smallest absolute Gasteiger partial charge is 0.232 e. The number of nitrogens with zero attached hydrogens (tertiary/aromatic N) is 3. The zero-order valence-corrected chi connectivity index (χ0v) is 13.8. The van der Waals surface area contributed by atoms with Crippen molar-refractivity contribution in [3.63, 3.8) is 0 Å². The lowest BCUT2D eigenvalue weighted by atomic mass is 9.81. The molecule has 3 heterocycles. The Morgan fingerprint density at radius 2 is 2.14 bits per heavy atom. The second-order valence-electron chi connectivity index (χ2n) is 7.38. The Morgan fingerprint density at radius 3 is 2.77 bits per heavy atom. The second-order valence-corrected chi connectivity index (χ2v) is 7.38. The van der Waals surface area contributed by atoms with Crippen LogP contribution in [-0.4, -0.2) is 46.7 Å². The van der Waals surface area contributed by atoms with Crippen LogP contribution in [0.5, 0.6) is 0 Å². The van der Waals surface area contributed by atoms with Gasteiger partial charge in [0.15, 0.2) is 5.82 Å². The fourth-order valence-corrected chi connectivity index (χ4v) is 3.51. The number of rotatable bonds is 3. The standard InChI is InChI=1S/C16H25N3O3/c1-5-19-9-10(8-12(19)20)15-17-14(18-22-15)11-6-7-21-13(11)16(2,3)4/h10-11,13H,5-9H2,1-4H3/t10-,11+,13+/m1/s1. The molecule has 2 aliphatic rings. The summed E-state index contributed by atoms with van der Waals surface area (Å²) < 4.78 is 11.4. The molecule has 0 bridgehead atoms. The van der Waals surface area contributed by atoms with Crippen LogP contribution in [0.25, 0.3) is 0 Å². The molecule has 0 saturated carbocycles. The fourth-order valence-electron chi connectivity index (χ4n) is 3.51. The molecule has 0 spiro atoms. The molecule has 0 N–H and O–H groups in total. The highest BCUT2D eigenvalue weighted by atomic mass is 16.5. The molecule has 0 unspecified atom stereocenters. The van der Waals surface area contributed by atoms with Gasteiger partial charge in [0.2, 0.25) is 11.8 Å². The predicted molar refractivity (Wildman–Crippen MR) is 80.5 cm³/mol. The first-order chi connectivity index (χ1) is 10.4. The van der Waals surface area contributed by atoms with Crippen molar-refractivity contribution < 1.29 is 14.1 Å². The zero-order chi connectivity index (χ0) is 15.9. The van der Waals surface area contributed by atoms with Crippen molar-refractivity contribution in [3.8, 4) is 0 Å². The van der Waals surface area contributed by atoms with Crippen molar-refractivity contribution in [2.24, 2.45) is 5.41 Å². The molecular weight excluding hydrogens is 282 g/mol. The van der Waals surface area contributed by atoms with Gasteiger partial charge >= 0.3 is 0 Å². The van der Waals surface area contributed by atoms with Crippen LogP contribution in [0.1, 0.15) is 64.1 Å². The van der Waals surface area contributed by atoms with E-state index in [2.05, 4.69) is 30.9 Å². The maximum absolute atomic E-state index is 11.9. The molecule has 3 rings (SSSR count). The third-order valence-electron chi connectivity index (χ3n) is 4.68. The van der Waals surface area contributed by atoms with Gasteiger partial charge in [0.1, 0.15) is 0 Å². The van der Waals surface area contributed by atoms with E-state index in [1.165, 1.54) is 0 Å². The molecule has 2 aliphatic heterocycles. The number of hydrogen-bond donors (Lipinski definition) is 0. The van der Waals surface area contributed by atoms with Crippen molar-refractivity contribution in [3.05, 3.63) is 11.7 Å². The van der Waals surface area contributed by atoms with E-state index in [-0.39, 0.29) is 29.3 Å². The average molecular weight is 307 g/mol. The number of likely N-dealkylation sites (N-methyl/N-ethyl adjacent to an activating group) is 1. The van der Waals surface area contributed by atoms with Gasteiger partial charge in [-0.15, -0.1) is 0 Å². The highest BCUT2D eigenvalue weighted by Crippen LogP contribution is 2.40. The van der Waals surface area contributed by atoms with Crippen LogP contribution in [0.3, 0.4) is 0 Å². The molecule has 2 fully saturated rings. The lowest BCUT2D eigenvalue weighted by Gasteiger charge is -2.29. The number of carbonyl (C=O) groups is 1. The summed E-state index contributed by atoms with van der Waals surface area (Å²) in [5, 5.41) is 4.19. The summed E-state index contributed by atoms with van der Waals surface area (Å²) in [6, 6.07) is 0. The van der Waals surface area contributed by atoms with E-state index in [9.17, 15) is 4.79 Å². The molecule has 0 aliphatic carbocycles. The van der Waals surface area contributed by atoms with Crippen LogP contribution in [0.4, 0.5) is 0 Å². The Bertz CT molecular complexity index is 549. The molecule has 0 aromatic carbocycles. The molecule has 22 heavy (non-hydrogen) atoms. The topological polar surface area (TPSA) is 68.5 Å². The van der Waals surface area contributed by atoms with E-state index in [0.717, 1.165) is 25.4 Å². The Balaban J connectivity index is 1.76. The first kappa shape index (κ1) is 15.5. The van der Waals surface area contributed by atoms with Crippen molar-refractivity contribution in [1.29, 1.82) is 0 Å². The van der Waals surface area contributed by atoms with E-state index >= 15 is 0 Å². The van der Waals surface area contributed by atoms with Crippen LogP contribution in [0.15, 0.2) is 4.52 Å². The number of likely N-dealkylation sites (tertiary alicyclic amines) is 1. The maximum Gasteiger partial charge on any atom is 0.232 e. The summed E-state index contributed by atoms with van der Waals surface area (Å²) >= 11 is 0. The normalized spacial score (nSPS) is 29.5. The monoisotopic (exact) mass is 307 g/mol. The SMILES string of the molecule is CCN1C[C@H](c2nc([C@H]3CCO[C@@H]3C(C)(C)C)no2)CC1=O. The molecular formula is C16H25N3O3.